The third-order valence-electron chi connectivity index (χ3n) is 5.93. The molecule has 1 amide bonds. The number of aromatic amines is 1. The third kappa shape index (κ3) is 5.24. The molecular weight excluding hydrogens is 492 g/mol. The van der Waals surface area contributed by atoms with Crippen molar-refractivity contribution in [1.82, 2.24) is 10.1 Å². The average molecular weight is 524 g/mol. The normalized spacial score (nSPS) is 14.1. The number of esters is 1. The molecule has 9 nitrogen and oxygen atoms in total. The van der Waals surface area contributed by atoms with Gasteiger partial charge in [0.15, 0.2) is 11.5 Å². The van der Waals surface area contributed by atoms with Gasteiger partial charge in [-0.1, -0.05) is 37.7 Å². The van der Waals surface area contributed by atoms with Gasteiger partial charge in [0, 0.05) is 23.5 Å². The first-order chi connectivity index (χ1) is 17.9. The van der Waals surface area contributed by atoms with Crippen LogP contribution in [0.1, 0.15) is 58.2 Å². The molecule has 1 aromatic heterocycles. The van der Waals surface area contributed by atoms with Gasteiger partial charge in [0.1, 0.15) is 0 Å². The number of thioether (sulfide) groups is 1. The SMILES string of the molecule is CCCC(=O)Oc1ccc(C2N(C(=O)CCC)c3ccccc3-c3c(=O)[nH]c(SC)n[n+]32)cc1OCC. The minimum Gasteiger partial charge on any atom is -0.490 e. The molecule has 4 rings (SSSR count). The highest BCUT2D eigenvalue weighted by atomic mass is 32.2. The van der Waals surface area contributed by atoms with E-state index >= 15 is 0 Å². The van der Waals surface area contributed by atoms with E-state index in [0.717, 1.165) is 0 Å². The van der Waals surface area contributed by atoms with Gasteiger partial charge in [-0.2, -0.15) is 0 Å². The van der Waals surface area contributed by atoms with Crippen LogP contribution in [-0.2, 0) is 9.59 Å². The number of amides is 1. The van der Waals surface area contributed by atoms with Crippen molar-refractivity contribution in [3.05, 3.63) is 58.4 Å². The lowest BCUT2D eigenvalue weighted by molar-refractivity contribution is -0.763. The second-order valence-electron chi connectivity index (χ2n) is 8.52. The zero-order valence-corrected chi connectivity index (χ0v) is 22.3. The van der Waals surface area contributed by atoms with Crippen LogP contribution >= 0.6 is 11.8 Å². The van der Waals surface area contributed by atoms with Gasteiger partial charge in [0.25, 0.3) is 6.17 Å². The lowest BCUT2D eigenvalue weighted by atomic mass is 10.0. The highest BCUT2D eigenvalue weighted by molar-refractivity contribution is 7.98. The second kappa shape index (κ2) is 11.6. The average Bonchev–Trinajstić information content (AvgIpc) is 2.89. The summed E-state index contributed by atoms with van der Waals surface area (Å²) in [6.07, 6.45) is 3.02. The number of anilines is 1. The Balaban J connectivity index is 1.95. The van der Waals surface area contributed by atoms with E-state index in [1.54, 1.807) is 27.8 Å². The molecular formula is C27H31N4O5S+. The van der Waals surface area contributed by atoms with Crippen molar-refractivity contribution in [1.29, 1.82) is 0 Å². The van der Waals surface area contributed by atoms with Crippen LogP contribution in [0.3, 0.4) is 0 Å². The molecule has 2 aromatic carbocycles. The zero-order valence-electron chi connectivity index (χ0n) is 21.4. The van der Waals surface area contributed by atoms with E-state index in [0.29, 0.717) is 71.5 Å². The van der Waals surface area contributed by atoms with Crippen molar-refractivity contribution < 1.29 is 23.7 Å². The number of H-pyrrole nitrogens is 1. The Morgan fingerprint density at radius 2 is 1.84 bits per heavy atom. The predicted molar refractivity (Wildman–Crippen MR) is 141 cm³/mol. The van der Waals surface area contributed by atoms with E-state index in [4.69, 9.17) is 14.6 Å². The lowest BCUT2D eigenvalue weighted by Crippen LogP contribution is -2.60. The van der Waals surface area contributed by atoms with Crippen molar-refractivity contribution in [2.75, 3.05) is 17.8 Å². The first-order valence-corrected chi connectivity index (χ1v) is 13.6. The molecule has 1 aliphatic heterocycles. The Bertz CT molecular complexity index is 1370. The number of carbonyl (C=O) groups excluding carboxylic acids is 2. The number of hydrogen-bond donors (Lipinski definition) is 1. The minimum absolute atomic E-state index is 0.0951. The number of hydrogen-bond acceptors (Lipinski definition) is 7. The van der Waals surface area contributed by atoms with Gasteiger partial charge < -0.3 is 9.47 Å². The topological polar surface area (TPSA) is 105 Å². The van der Waals surface area contributed by atoms with E-state index in [9.17, 15) is 14.4 Å². The second-order valence-corrected chi connectivity index (χ2v) is 9.32. The summed E-state index contributed by atoms with van der Waals surface area (Å²) in [5, 5.41) is 5.14. The van der Waals surface area contributed by atoms with E-state index in [-0.39, 0.29) is 17.4 Å². The summed E-state index contributed by atoms with van der Waals surface area (Å²) < 4.78 is 13.0. The molecule has 0 spiro atoms. The van der Waals surface area contributed by atoms with Gasteiger partial charge >= 0.3 is 17.2 Å². The Morgan fingerprint density at radius 3 is 2.54 bits per heavy atom. The fraction of sp³-hybridized carbons (Fsp3) is 0.370. The first kappa shape index (κ1) is 26.4. The maximum absolute atomic E-state index is 13.6. The van der Waals surface area contributed by atoms with Gasteiger partial charge in [-0.3, -0.25) is 19.4 Å². The molecule has 1 N–H and O–H groups in total. The zero-order chi connectivity index (χ0) is 26.5. The summed E-state index contributed by atoms with van der Waals surface area (Å²) in [5.41, 5.74) is 1.98. The standard InChI is InChI=1S/C27H30N4O5S/c1-5-10-22(32)30-19-13-9-8-12-18(19)24-25(34)28-27(37-4)29-31(24)26(30)17-14-15-20(21(16-17)35-7-3)36-23(33)11-6-2/h8-9,12-16,26H,5-7,10-11H2,1-4H3/p+1. The summed E-state index contributed by atoms with van der Waals surface area (Å²) in [7, 11) is 0. The van der Waals surface area contributed by atoms with Crippen LogP contribution in [-0.4, -0.2) is 34.8 Å². The van der Waals surface area contributed by atoms with Crippen LogP contribution < -0.4 is 24.6 Å². The summed E-state index contributed by atoms with van der Waals surface area (Å²) in [4.78, 5) is 43.6. The summed E-state index contributed by atoms with van der Waals surface area (Å²) in [6, 6.07) is 12.5. The number of benzene rings is 2. The Labute approximate surface area is 219 Å². The molecule has 194 valence electrons. The van der Waals surface area contributed by atoms with E-state index in [2.05, 4.69) is 4.98 Å². The van der Waals surface area contributed by atoms with Crippen LogP contribution in [0.5, 0.6) is 11.5 Å². The largest absolute Gasteiger partial charge is 0.490 e. The lowest BCUT2D eigenvalue weighted by Gasteiger charge is -2.32. The molecule has 0 bridgehead atoms. The van der Waals surface area contributed by atoms with Crippen LogP contribution in [0.15, 0.2) is 52.4 Å². The molecule has 0 fully saturated rings. The highest BCUT2D eigenvalue weighted by Gasteiger charge is 2.45. The van der Waals surface area contributed by atoms with Crippen LogP contribution in [0, 0.1) is 0 Å². The molecule has 1 unspecified atom stereocenters. The van der Waals surface area contributed by atoms with E-state index in [1.165, 1.54) is 11.8 Å². The molecule has 0 saturated heterocycles. The summed E-state index contributed by atoms with van der Waals surface area (Å²) >= 11 is 1.31. The van der Waals surface area contributed by atoms with Crippen molar-refractivity contribution in [2.45, 2.75) is 57.8 Å². The molecule has 2 heterocycles. The number of fused-ring (bicyclic) bond motifs is 3. The number of rotatable bonds is 9. The number of aromatic nitrogens is 3. The van der Waals surface area contributed by atoms with Crippen molar-refractivity contribution >= 4 is 29.3 Å². The van der Waals surface area contributed by atoms with Crippen molar-refractivity contribution in [3.8, 4) is 22.8 Å². The first-order valence-electron chi connectivity index (χ1n) is 12.4. The van der Waals surface area contributed by atoms with Crippen molar-refractivity contribution in [3.63, 3.8) is 0 Å². The maximum atomic E-state index is 13.6. The highest BCUT2D eigenvalue weighted by Crippen LogP contribution is 2.40. The Morgan fingerprint density at radius 1 is 1.08 bits per heavy atom. The molecule has 0 radical (unpaired) electrons. The molecule has 0 saturated carbocycles. The number of ether oxygens (including phenoxy) is 2. The van der Waals surface area contributed by atoms with Crippen LogP contribution in [0.4, 0.5) is 5.69 Å². The Hall–Kier alpha value is -3.66. The molecule has 0 aliphatic carbocycles. The van der Waals surface area contributed by atoms with E-state index < -0.39 is 6.17 Å². The van der Waals surface area contributed by atoms with Crippen LogP contribution in [0.2, 0.25) is 0 Å². The maximum Gasteiger partial charge on any atom is 0.325 e. The minimum atomic E-state index is -0.753. The van der Waals surface area contributed by atoms with Gasteiger partial charge in [0.05, 0.1) is 17.9 Å². The fourth-order valence-electron chi connectivity index (χ4n) is 4.38. The predicted octanol–water partition coefficient (Wildman–Crippen LogP) is 4.24. The van der Waals surface area contributed by atoms with Gasteiger partial charge in [-0.15, -0.1) is 0 Å². The molecule has 37 heavy (non-hydrogen) atoms. The molecule has 10 heteroatoms. The Kier molecular flexibility index (Phi) is 8.27. The molecule has 3 aromatic rings. The fourth-order valence-corrected chi connectivity index (χ4v) is 4.75. The van der Waals surface area contributed by atoms with Gasteiger partial charge in [0.2, 0.25) is 11.1 Å². The quantitative estimate of drug-likeness (QED) is 0.194. The van der Waals surface area contributed by atoms with Crippen molar-refractivity contribution in [2.24, 2.45) is 0 Å². The smallest absolute Gasteiger partial charge is 0.325 e. The third-order valence-corrected chi connectivity index (χ3v) is 6.50. The van der Waals surface area contributed by atoms with Crippen LogP contribution in [0.25, 0.3) is 11.3 Å². The number of carbonyl (C=O) groups is 2. The molecule has 1 atom stereocenters. The monoisotopic (exact) mass is 523 g/mol. The van der Waals surface area contributed by atoms with Gasteiger partial charge in [-0.25, -0.2) is 4.90 Å². The molecule has 1 aliphatic rings. The summed E-state index contributed by atoms with van der Waals surface area (Å²) in [6.45, 7) is 6.05. The van der Waals surface area contributed by atoms with Gasteiger partial charge in [-0.05, 0) is 61.0 Å². The number of nitrogens with one attached hydrogen (secondary N) is 1. The number of para-hydroxylation sites is 1. The summed E-state index contributed by atoms with van der Waals surface area (Å²) in [5.74, 6) is 0.242. The van der Waals surface area contributed by atoms with E-state index in [1.807, 2.05) is 51.3 Å². The number of nitrogens with zero attached hydrogens (tertiary/aromatic N) is 3.